The first-order chi connectivity index (χ1) is 44.6. The molecular formula is C63H94N10O21S. The second-order valence-corrected chi connectivity index (χ2v) is 26.2. The minimum absolute atomic E-state index is 0.00289. The van der Waals surface area contributed by atoms with Crippen molar-refractivity contribution in [3.63, 3.8) is 0 Å². The smallest absolute Gasteiger partial charge is 0.411 e. The first-order valence-electron chi connectivity index (χ1n) is 30.9. The number of aliphatic carboxylic acids is 2. The topological polar surface area (TPSA) is 452 Å². The van der Waals surface area contributed by atoms with E-state index in [1.807, 2.05) is 13.8 Å². The molecule has 0 radical (unpaired) electrons. The van der Waals surface area contributed by atoms with Crippen molar-refractivity contribution in [3.8, 4) is 5.75 Å². The van der Waals surface area contributed by atoms with Gasteiger partial charge in [0.15, 0.2) is 6.10 Å². The van der Waals surface area contributed by atoms with Gasteiger partial charge in [0.25, 0.3) is 0 Å². The molecule has 528 valence electrons. The lowest BCUT2D eigenvalue weighted by Gasteiger charge is -2.40. The summed E-state index contributed by atoms with van der Waals surface area (Å²) in [5.74, 6) is -7.88. The maximum Gasteiger partial charge on any atom is 0.411 e. The number of methoxy groups -OCH3 is 1. The van der Waals surface area contributed by atoms with Crippen molar-refractivity contribution >= 4 is 82.7 Å². The number of carbonyl (C=O) groups excluding carboxylic acids is 9. The van der Waals surface area contributed by atoms with Crippen LogP contribution in [0.25, 0.3) is 0 Å². The van der Waals surface area contributed by atoms with Crippen molar-refractivity contribution in [2.45, 2.75) is 166 Å². The summed E-state index contributed by atoms with van der Waals surface area (Å²) < 4.78 is 27.1. The second kappa shape index (κ2) is 36.9. The number of thioether (sulfide) groups is 1. The van der Waals surface area contributed by atoms with E-state index in [1.54, 1.807) is 79.9 Å². The zero-order chi connectivity index (χ0) is 71.2. The van der Waals surface area contributed by atoms with E-state index in [0.29, 0.717) is 16.9 Å². The lowest BCUT2D eigenvalue weighted by Crippen LogP contribution is -2.61. The zero-order valence-electron chi connectivity index (χ0n) is 55.7. The third kappa shape index (κ3) is 22.7. The van der Waals surface area contributed by atoms with Crippen molar-refractivity contribution in [1.82, 2.24) is 41.7 Å². The van der Waals surface area contributed by atoms with Crippen molar-refractivity contribution < 1.29 is 102 Å². The number of anilines is 1. The first kappa shape index (κ1) is 79.6. The number of ether oxygens (including phenoxy) is 5. The van der Waals surface area contributed by atoms with Gasteiger partial charge in [0.05, 0.1) is 37.2 Å². The molecule has 1 unspecified atom stereocenters. The molecule has 0 aliphatic carbocycles. The fourth-order valence-corrected chi connectivity index (χ4v) is 11.3. The Kier molecular flexibility index (Phi) is 30.9. The van der Waals surface area contributed by atoms with Crippen LogP contribution in [-0.2, 0) is 85.5 Å². The van der Waals surface area contributed by atoms with Gasteiger partial charge in [-0.25, -0.2) is 14.4 Å². The maximum absolute atomic E-state index is 14.3. The predicted octanol–water partition coefficient (Wildman–Crippen LogP) is -0.399. The molecule has 0 aromatic heterocycles. The highest BCUT2D eigenvalue weighted by Crippen LogP contribution is 2.33. The van der Waals surface area contributed by atoms with Gasteiger partial charge >= 0.3 is 18.0 Å². The normalized spacial score (nSPS) is 19.9. The van der Waals surface area contributed by atoms with Gasteiger partial charge in [-0.15, -0.1) is 11.8 Å². The zero-order valence-corrected chi connectivity index (χ0v) is 56.5. The van der Waals surface area contributed by atoms with Crippen LogP contribution in [0.5, 0.6) is 5.75 Å². The minimum atomic E-state index is -2.05. The number of aliphatic hydroxyl groups is 3. The average Bonchev–Trinajstić information content (AvgIpc) is 1.61. The third-order valence-corrected chi connectivity index (χ3v) is 16.9. The molecule has 14 N–H and O–H groups in total. The number of carboxylic acid groups (broad SMARTS) is 2. The molecule has 31 nitrogen and oxygen atoms in total. The van der Waals surface area contributed by atoms with Gasteiger partial charge in [0, 0.05) is 81.8 Å². The van der Waals surface area contributed by atoms with Gasteiger partial charge in [-0.1, -0.05) is 79.7 Å². The Bertz CT molecular complexity index is 3070. The Hall–Kier alpha value is -7.82. The molecular weight excluding hydrogens is 1260 g/mol. The fourth-order valence-electron chi connectivity index (χ4n) is 10.3. The number of nitrogens with two attached hydrogens (primary N) is 1. The van der Waals surface area contributed by atoms with E-state index in [1.165, 1.54) is 55.0 Å². The highest BCUT2D eigenvalue weighted by atomic mass is 32.2. The number of aliphatic hydroxyl groups excluding tert-OH is 3. The van der Waals surface area contributed by atoms with Crippen LogP contribution in [0.1, 0.15) is 98.3 Å². The number of rotatable bonds is 36. The number of imide groups is 1. The number of amides is 9. The molecule has 0 spiro atoms. The summed E-state index contributed by atoms with van der Waals surface area (Å²) in [5, 5.41) is 69.0. The van der Waals surface area contributed by atoms with E-state index in [-0.39, 0.29) is 74.2 Å². The first-order valence-corrected chi connectivity index (χ1v) is 31.9. The highest BCUT2D eigenvalue weighted by Gasteiger charge is 2.49. The highest BCUT2D eigenvalue weighted by molar-refractivity contribution is 8.00. The molecule has 95 heavy (non-hydrogen) atoms. The summed E-state index contributed by atoms with van der Waals surface area (Å²) in [6.45, 7) is 14.3. The second-order valence-electron chi connectivity index (χ2n) is 24.7. The largest absolute Gasteiger partial charge is 0.479 e. The lowest BCUT2D eigenvalue weighted by atomic mass is 9.76. The van der Waals surface area contributed by atoms with Gasteiger partial charge in [-0.3, -0.25) is 48.6 Å². The number of carbonyl (C=O) groups is 11. The van der Waals surface area contributed by atoms with Crippen LogP contribution in [0.4, 0.5) is 10.5 Å². The molecule has 0 saturated carbocycles. The summed E-state index contributed by atoms with van der Waals surface area (Å²) in [6.07, 6.45) is -10.1. The number of benzene rings is 2. The minimum Gasteiger partial charge on any atom is -0.479 e. The summed E-state index contributed by atoms with van der Waals surface area (Å²) in [7, 11) is 4.63. The van der Waals surface area contributed by atoms with Crippen LogP contribution in [0.15, 0.2) is 54.1 Å². The Morgan fingerprint density at radius 3 is 2.15 bits per heavy atom. The van der Waals surface area contributed by atoms with Crippen molar-refractivity contribution in [2.75, 3.05) is 71.7 Å². The summed E-state index contributed by atoms with van der Waals surface area (Å²) in [5.41, 5.74) is 5.43. The number of nitrogens with zero attached hydrogens (tertiary/aromatic N) is 2. The summed E-state index contributed by atoms with van der Waals surface area (Å²) >= 11 is 1.23. The van der Waals surface area contributed by atoms with Crippen molar-refractivity contribution in [1.29, 1.82) is 0 Å². The van der Waals surface area contributed by atoms with Crippen LogP contribution in [0, 0.1) is 11.3 Å². The van der Waals surface area contributed by atoms with E-state index >= 15 is 0 Å². The SMILES string of the molecule is CCSC1CC(=O)N([C@@H](CN)C(=O)N[C@@H](CNC(=O)CCOCCOC)C(=O)NCCC(=O)NCc2cc(COC(=O)Nc3cccc(C(C)(C)[C@H](NC)C(=O)N[C@H](C(=O)N(C)[C@H](/C=C(\C)C(=O)O)C(C)C)C(C)(C)C)c3)ccc2O[C@@H]2O[C@H](C(=O)O)[C@@H](O)[C@H](O)[C@H]2O)C1=O. The maximum atomic E-state index is 14.3. The molecule has 2 aliphatic rings. The summed E-state index contributed by atoms with van der Waals surface area (Å²) in [4.78, 5) is 148. The number of nitrogens with one attached hydrogen (secondary N) is 7. The lowest BCUT2D eigenvalue weighted by molar-refractivity contribution is -0.271. The van der Waals surface area contributed by atoms with Crippen LogP contribution < -0.4 is 47.7 Å². The number of hydrogen-bond acceptors (Lipinski definition) is 22. The monoisotopic (exact) mass is 1360 g/mol. The number of carboxylic acids is 2. The fraction of sp³-hybridized carbons (Fsp3) is 0.603. The van der Waals surface area contributed by atoms with Gasteiger partial charge in [-0.05, 0) is 66.4 Å². The van der Waals surface area contributed by atoms with Crippen molar-refractivity contribution in [3.05, 3.63) is 70.8 Å². The Balaban J connectivity index is 1.51. The Morgan fingerprint density at radius 2 is 1.54 bits per heavy atom. The average molecular weight is 1360 g/mol. The molecule has 2 fully saturated rings. The molecule has 4 rings (SSSR count). The number of likely N-dealkylation sites (tertiary alicyclic amines) is 1. The van der Waals surface area contributed by atoms with Gasteiger partial charge in [-0.2, -0.15) is 0 Å². The predicted molar refractivity (Wildman–Crippen MR) is 345 cm³/mol. The number of hydrogen-bond donors (Lipinski definition) is 13. The standard InChI is InChI=1S/C63H94N10O21S/c1-13-95-43-28-46(76)73(56(43)83)41(29-64)54(81)70-39(31-68-45(75)20-22-91-24-23-90-12)53(80)66-21-19-44(74)67-30-36-26-35(17-18-42(36)93-60-49(79)47(77)48(78)50(94-60)59(87)88)32-92-61(89)69-38-16-14-15-37(27-38)63(8,9)51(65-10)55(82)71-52(62(5,6)7)57(84)72(11)40(33(2)3)25-34(4)58(85)86/h14-18,25-27,33,39-41,43,47-52,60,65,77-79H,13,19-24,28-32,64H2,1-12H3,(H,66,80)(H,67,74)(H,68,75)(H,69,89)(H,70,81)(H,71,82)(H,85,86)(H,87,88)/b34-25+/t39-,40+,41-,43?,47-,48-,49+,50-,51+,52+,60+/m0/s1. The quantitative estimate of drug-likeness (QED) is 0.0234. The van der Waals surface area contributed by atoms with E-state index in [4.69, 9.17) is 29.4 Å². The van der Waals surface area contributed by atoms with Gasteiger partial charge in [0.1, 0.15) is 48.8 Å². The van der Waals surface area contributed by atoms with Crippen LogP contribution in [0.3, 0.4) is 0 Å². The molecule has 0 bridgehead atoms. The van der Waals surface area contributed by atoms with Crippen LogP contribution in [-0.4, -0.2) is 233 Å². The molecule has 2 aromatic rings. The number of likely N-dealkylation sites (N-methyl/N-ethyl adjacent to an activating group) is 2. The van der Waals surface area contributed by atoms with E-state index in [0.717, 1.165) is 4.90 Å². The van der Waals surface area contributed by atoms with Crippen LogP contribution >= 0.6 is 11.8 Å². The van der Waals surface area contributed by atoms with E-state index < -0.39 is 168 Å². The molecule has 2 aromatic carbocycles. The molecule has 2 heterocycles. The molecule has 32 heteroatoms. The van der Waals surface area contributed by atoms with E-state index in [2.05, 4.69) is 37.2 Å². The molecule has 2 aliphatic heterocycles. The Morgan fingerprint density at radius 1 is 0.853 bits per heavy atom. The van der Waals surface area contributed by atoms with E-state index in [9.17, 15) is 78.3 Å². The molecule has 2 saturated heterocycles. The van der Waals surface area contributed by atoms with Gasteiger partial charge in [0.2, 0.25) is 53.5 Å². The molecule has 11 atom stereocenters. The van der Waals surface area contributed by atoms with Crippen molar-refractivity contribution in [2.24, 2.45) is 17.1 Å². The third-order valence-electron chi connectivity index (χ3n) is 15.8. The van der Waals surface area contributed by atoms with Gasteiger partial charge < -0.3 is 91.8 Å². The summed E-state index contributed by atoms with van der Waals surface area (Å²) in [6, 6.07) is 5.18. The van der Waals surface area contributed by atoms with Crippen LogP contribution in [0.2, 0.25) is 0 Å². The molecule has 9 amide bonds. The Labute approximate surface area is 556 Å².